The van der Waals surface area contributed by atoms with Crippen LogP contribution in [0.4, 0.5) is 4.39 Å². The highest BCUT2D eigenvalue weighted by atomic mass is 19.1. The van der Waals surface area contributed by atoms with Gasteiger partial charge in [-0.2, -0.15) is 0 Å². The largest absolute Gasteiger partial charge is 0.489 e. The summed E-state index contributed by atoms with van der Waals surface area (Å²) in [4.78, 5) is 0. The number of hydrogen-bond donors (Lipinski definition) is 0. The first-order chi connectivity index (χ1) is 8.13. The van der Waals surface area contributed by atoms with Crippen LogP contribution >= 0.6 is 0 Å². The SMILES string of the molecule is Cc1cc(C)cc(OCc2ccc(F)cc2)c1. The van der Waals surface area contributed by atoms with E-state index in [1.807, 2.05) is 26.0 Å². The summed E-state index contributed by atoms with van der Waals surface area (Å²) >= 11 is 0. The molecule has 17 heavy (non-hydrogen) atoms. The van der Waals surface area contributed by atoms with Crippen LogP contribution in [0.3, 0.4) is 0 Å². The average molecular weight is 230 g/mol. The zero-order valence-corrected chi connectivity index (χ0v) is 10.0. The molecule has 0 spiro atoms. The van der Waals surface area contributed by atoms with E-state index in [0.29, 0.717) is 6.61 Å². The van der Waals surface area contributed by atoms with Crippen LogP contribution < -0.4 is 4.74 Å². The Morgan fingerprint density at radius 1 is 0.941 bits per heavy atom. The average Bonchev–Trinajstić information content (AvgIpc) is 2.27. The Balaban J connectivity index is 2.04. The maximum atomic E-state index is 12.7. The fourth-order valence-electron chi connectivity index (χ4n) is 1.76. The Kier molecular flexibility index (Phi) is 3.43. The Morgan fingerprint density at radius 3 is 2.12 bits per heavy atom. The molecule has 0 radical (unpaired) electrons. The van der Waals surface area contributed by atoms with Crippen LogP contribution in [0.1, 0.15) is 16.7 Å². The molecular weight excluding hydrogens is 215 g/mol. The van der Waals surface area contributed by atoms with Crippen molar-refractivity contribution >= 4 is 0 Å². The van der Waals surface area contributed by atoms with Gasteiger partial charge in [-0.05, 0) is 54.8 Å². The van der Waals surface area contributed by atoms with Crippen LogP contribution in [0, 0.1) is 19.7 Å². The molecule has 0 saturated heterocycles. The van der Waals surface area contributed by atoms with Crippen molar-refractivity contribution in [2.24, 2.45) is 0 Å². The van der Waals surface area contributed by atoms with Gasteiger partial charge in [0.2, 0.25) is 0 Å². The van der Waals surface area contributed by atoms with Crippen molar-refractivity contribution in [1.29, 1.82) is 0 Å². The molecule has 0 amide bonds. The van der Waals surface area contributed by atoms with Gasteiger partial charge in [-0.1, -0.05) is 18.2 Å². The molecule has 2 rings (SSSR count). The van der Waals surface area contributed by atoms with Gasteiger partial charge in [0.25, 0.3) is 0 Å². The fourth-order valence-corrected chi connectivity index (χ4v) is 1.76. The third-order valence-corrected chi connectivity index (χ3v) is 2.51. The molecular formula is C15H15FO. The maximum Gasteiger partial charge on any atom is 0.123 e. The highest BCUT2D eigenvalue weighted by Crippen LogP contribution is 2.17. The van der Waals surface area contributed by atoms with Crippen molar-refractivity contribution in [3.05, 3.63) is 65.0 Å². The quantitative estimate of drug-likeness (QED) is 0.773. The molecule has 0 aliphatic rings. The fraction of sp³-hybridized carbons (Fsp3) is 0.200. The van der Waals surface area contributed by atoms with E-state index in [0.717, 1.165) is 11.3 Å². The zero-order chi connectivity index (χ0) is 12.3. The van der Waals surface area contributed by atoms with Gasteiger partial charge in [0, 0.05) is 0 Å². The van der Waals surface area contributed by atoms with Gasteiger partial charge in [0.1, 0.15) is 18.2 Å². The summed E-state index contributed by atoms with van der Waals surface area (Å²) in [5.41, 5.74) is 3.32. The molecule has 0 aliphatic heterocycles. The second-order valence-corrected chi connectivity index (χ2v) is 4.24. The van der Waals surface area contributed by atoms with Crippen molar-refractivity contribution in [1.82, 2.24) is 0 Å². The molecule has 0 saturated carbocycles. The molecule has 0 heterocycles. The second-order valence-electron chi connectivity index (χ2n) is 4.24. The summed E-state index contributed by atoms with van der Waals surface area (Å²) in [6.07, 6.45) is 0. The minimum Gasteiger partial charge on any atom is -0.489 e. The summed E-state index contributed by atoms with van der Waals surface area (Å²) in [6, 6.07) is 12.5. The molecule has 2 heteroatoms. The normalized spacial score (nSPS) is 10.3. The third kappa shape index (κ3) is 3.31. The summed E-state index contributed by atoms with van der Waals surface area (Å²) < 4.78 is 18.4. The highest BCUT2D eigenvalue weighted by molar-refractivity contribution is 5.33. The molecule has 0 bridgehead atoms. The lowest BCUT2D eigenvalue weighted by Crippen LogP contribution is -1.96. The molecule has 0 aromatic heterocycles. The first kappa shape index (κ1) is 11.6. The van der Waals surface area contributed by atoms with E-state index in [4.69, 9.17) is 4.74 Å². The zero-order valence-electron chi connectivity index (χ0n) is 10.0. The molecule has 0 atom stereocenters. The van der Waals surface area contributed by atoms with E-state index >= 15 is 0 Å². The number of benzene rings is 2. The Bertz CT molecular complexity index is 483. The van der Waals surface area contributed by atoms with Crippen molar-refractivity contribution in [2.75, 3.05) is 0 Å². The van der Waals surface area contributed by atoms with Gasteiger partial charge in [-0.25, -0.2) is 4.39 Å². The summed E-state index contributed by atoms with van der Waals surface area (Å²) in [5.74, 6) is 0.631. The van der Waals surface area contributed by atoms with Crippen LogP contribution in [-0.2, 0) is 6.61 Å². The van der Waals surface area contributed by atoms with Crippen LogP contribution in [0.25, 0.3) is 0 Å². The van der Waals surface area contributed by atoms with E-state index < -0.39 is 0 Å². The standard InChI is InChI=1S/C15H15FO/c1-11-7-12(2)9-15(8-11)17-10-13-3-5-14(16)6-4-13/h3-9H,10H2,1-2H3. The van der Waals surface area contributed by atoms with Crippen molar-refractivity contribution in [3.63, 3.8) is 0 Å². The smallest absolute Gasteiger partial charge is 0.123 e. The molecule has 0 aliphatic carbocycles. The molecule has 2 aromatic carbocycles. The van der Waals surface area contributed by atoms with Crippen LogP contribution in [0.5, 0.6) is 5.75 Å². The first-order valence-electron chi connectivity index (χ1n) is 5.59. The number of aryl methyl sites for hydroxylation is 2. The highest BCUT2D eigenvalue weighted by Gasteiger charge is 1.98. The van der Waals surface area contributed by atoms with Gasteiger partial charge < -0.3 is 4.74 Å². The van der Waals surface area contributed by atoms with E-state index in [-0.39, 0.29) is 5.82 Å². The predicted octanol–water partition coefficient (Wildman–Crippen LogP) is 4.02. The molecule has 1 nitrogen and oxygen atoms in total. The van der Waals surface area contributed by atoms with Crippen molar-refractivity contribution in [2.45, 2.75) is 20.5 Å². The first-order valence-corrected chi connectivity index (χ1v) is 5.59. The maximum absolute atomic E-state index is 12.7. The Labute approximate surface area is 101 Å². The number of rotatable bonds is 3. The molecule has 0 N–H and O–H groups in total. The van der Waals surface area contributed by atoms with Crippen molar-refractivity contribution < 1.29 is 9.13 Å². The molecule has 0 unspecified atom stereocenters. The van der Waals surface area contributed by atoms with Gasteiger partial charge in [-0.3, -0.25) is 0 Å². The molecule has 0 fully saturated rings. The van der Waals surface area contributed by atoms with Crippen LogP contribution in [0.2, 0.25) is 0 Å². The lowest BCUT2D eigenvalue weighted by Gasteiger charge is -2.08. The van der Waals surface area contributed by atoms with Gasteiger partial charge >= 0.3 is 0 Å². The minimum atomic E-state index is -0.222. The monoisotopic (exact) mass is 230 g/mol. The van der Waals surface area contributed by atoms with E-state index in [2.05, 4.69) is 6.07 Å². The Morgan fingerprint density at radius 2 is 1.53 bits per heavy atom. The number of hydrogen-bond acceptors (Lipinski definition) is 1. The minimum absolute atomic E-state index is 0.222. The van der Waals surface area contributed by atoms with E-state index in [9.17, 15) is 4.39 Å². The number of ether oxygens (including phenoxy) is 1. The summed E-state index contributed by atoms with van der Waals surface area (Å²) in [6.45, 7) is 4.54. The lowest BCUT2D eigenvalue weighted by atomic mass is 10.1. The summed E-state index contributed by atoms with van der Waals surface area (Å²) in [5, 5.41) is 0. The Hall–Kier alpha value is -1.83. The van der Waals surface area contributed by atoms with Gasteiger partial charge in [0.05, 0.1) is 0 Å². The molecule has 2 aromatic rings. The predicted molar refractivity (Wildman–Crippen MR) is 66.6 cm³/mol. The second kappa shape index (κ2) is 5.00. The van der Waals surface area contributed by atoms with Crippen LogP contribution in [-0.4, -0.2) is 0 Å². The summed E-state index contributed by atoms with van der Waals surface area (Å²) in [7, 11) is 0. The third-order valence-electron chi connectivity index (χ3n) is 2.51. The van der Waals surface area contributed by atoms with E-state index in [1.54, 1.807) is 12.1 Å². The van der Waals surface area contributed by atoms with Gasteiger partial charge in [0.15, 0.2) is 0 Å². The number of halogens is 1. The van der Waals surface area contributed by atoms with Gasteiger partial charge in [-0.15, -0.1) is 0 Å². The van der Waals surface area contributed by atoms with E-state index in [1.165, 1.54) is 23.3 Å². The molecule has 88 valence electrons. The van der Waals surface area contributed by atoms with Crippen LogP contribution in [0.15, 0.2) is 42.5 Å². The van der Waals surface area contributed by atoms with Crippen molar-refractivity contribution in [3.8, 4) is 5.75 Å². The lowest BCUT2D eigenvalue weighted by molar-refractivity contribution is 0.305. The topological polar surface area (TPSA) is 9.23 Å².